The maximum Gasteiger partial charge on any atom is 0.489 e. The van der Waals surface area contributed by atoms with E-state index >= 15 is 0 Å². The number of hydrogen-bond donors (Lipinski definition) is 3. The number of fused-ring (bicyclic) bond motifs is 1. The molecule has 0 saturated carbocycles. The van der Waals surface area contributed by atoms with E-state index in [-0.39, 0.29) is 5.92 Å². The molecule has 6 heteroatoms. The molecule has 2 rings (SSSR count). The van der Waals surface area contributed by atoms with Crippen molar-refractivity contribution >= 4 is 39.4 Å². The van der Waals surface area contributed by atoms with Gasteiger partial charge in [0.1, 0.15) is 4.60 Å². The van der Waals surface area contributed by atoms with Gasteiger partial charge in [-0.1, -0.05) is 19.9 Å². The van der Waals surface area contributed by atoms with Gasteiger partial charge < -0.3 is 10.0 Å². The van der Waals surface area contributed by atoms with E-state index < -0.39 is 7.12 Å². The van der Waals surface area contributed by atoms with E-state index in [1.54, 1.807) is 0 Å². The molecule has 0 radical (unpaired) electrons. The number of benzene rings is 1. The Hall–Kier alpha value is -0.845. The summed E-state index contributed by atoms with van der Waals surface area (Å²) in [6.45, 7) is 4.03. The number of nitrogens with one attached hydrogen (secondary N) is 1. The predicted molar refractivity (Wildman–Crippen MR) is 67.7 cm³/mol. The topological polar surface area (TPSA) is 69.1 Å². The molecule has 0 amide bonds. The Labute approximate surface area is 102 Å². The molecular formula is C10H12BBrN2O2. The van der Waals surface area contributed by atoms with Crippen LogP contribution in [0.4, 0.5) is 0 Å². The number of halogens is 1. The first-order valence-corrected chi connectivity index (χ1v) is 5.84. The smallest absolute Gasteiger partial charge is 0.423 e. The van der Waals surface area contributed by atoms with Gasteiger partial charge in [-0.3, -0.25) is 5.10 Å². The van der Waals surface area contributed by atoms with E-state index in [1.165, 1.54) is 0 Å². The van der Waals surface area contributed by atoms with Gasteiger partial charge in [0.2, 0.25) is 0 Å². The third-order valence-corrected chi connectivity index (χ3v) is 3.21. The zero-order valence-electron chi connectivity index (χ0n) is 9.03. The highest BCUT2D eigenvalue weighted by Gasteiger charge is 2.23. The fourth-order valence-electron chi connectivity index (χ4n) is 1.89. The number of hydrogen-bond acceptors (Lipinski definition) is 3. The second-order valence-corrected chi connectivity index (χ2v) is 4.82. The van der Waals surface area contributed by atoms with E-state index in [9.17, 15) is 10.0 Å². The van der Waals surface area contributed by atoms with Crippen molar-refractivity contribution in [2.24, 2.45) is 0 Å². The van der Waals surface area contributed by atoms with Crippen molar-refractivity contribution in [2.75, 3.05) is 0 Å². The van der Waals surface area contributed by atoms with E-state index in [4.69, 9.17) is 0 Å². The van der Waals surface area contributed by atoms with Crippen molar-refractivity contribution < 1.29 is 10.0 Å². The van der Waals surface area contributed by atoms with Gasteiger partial charge in [-0.25, -0.2) is 0 Å². The van der Waals surface area contributed by atoms with Crippen molar-refractivity contribution in [2.45, 2.75) is 19.8 Å². The molecule has 1 heterocycles. The lowest BCUT2D eigenvalue weighted by Gasteiger charge is -2.13. The Balaban J connectivity index is 2.83. The van der Waals surface area contributed by atoms with Gasteiger partial charge in [-0.15, -0.1) is 0 Å². The number of H-pyrrole nitrogens is 1. The van der Waals surface area contributed by atoms with Gasteiger partial charge >= 0.3 is 7.12 Å². The second-order valence-electron chi connectivity index (χ2n) is 4.03. The van der Waals surface area contributed by atoms with Crippen LogP contribution >= 0.6 is 15.9 Å². The highest BCUT2D eigenvalue weighted by Crippen LogP contribution is 2.23. The molecule has 0 atom stereocenters. The van der Waals surface area contributed by atoms with Gasteiger partial charge in [0, 0.05) is 5.39 Å². The Kier molecular flexibility index (Phi) is 3.05. The molecular weight excluding hydrogens is 271 g/mol. The maximum absolute atomic E-state index is 9.49. The van der Waals surface area contributed by atoms with Crippen LogP contribution in [0.2, 0.25) is 0 Å². The average molecular weight is 283 g/mol. The first-order chi connectivity index (χ1) is 7.52. The summed E-state index contributed by atoms with van der Waals surface area (Å²) in [5.74, 6) is 0.225. The molecule has 0 saturated heterocycles. The van der Waals surface area contributed by atoms with Crippen molar-refractivity contribution in [1.29, 1.82) is 0 Å². The first kappa shape index (κ1) is 11.6. The zero-order valence-corrected chi connectivity index (χ0v) is 10.6. The summed E-state index contributed by atoms with van der Waals surface area (Å²) < 4.78 is 0.674. The molecule has 3 N–H and O–H groups in total. The van der Waals surface area contributed by atoms with Crippen LogP contribution in [0, 0.1) is 0 Å². The highest BCUT2D eigenvalue weighted by molar-refractivity contribution is 9.10. The first-order valence-electron chi connectivity index (χ1n) is 5.05. The van der Waals surface area contributed by atoms with E-state index in [0.29, 0.717) is 10.1 Å². The van der Waals surface area contributed by atoms with Crippen molar-refractivity contribution in [1.82, 2.24) is 10.2 Å². The van der Waals surface area contributed by atoms with Crippen LogP contribution in [0.5, 0.6) is 0 Å². The number of rotatable bonds is 2. The molecule has 4 nitrogen and oxygen atoms in total. The molecule has 0 unspecified atom stereocenters. The van der Waals surface area contributed by atoms with E-state index in [2.05, 4.69) is 26.1 Å². The molecule has 16 heavy (non-hydrogen) atoms. The van der Waals surface area contributed by atoms with Crippen LogP contribution in [-0.2, 0) is 0 Å². The second kappa shape index (κ2) is 4.20. The minimum Gasteiger partial charge on any atom is -0.423 e. The van der Waals surface area contributed by atoms with Gasteiger partial charge in [0.05, 0.1) is 5.52 Å². The minimum atomic E-state index is -1.49. The summed E-state index contributed by atoms with van der Waals surface area (Å²) in [6, 6.07) is 3.76. The molecule has 1 aromatic carbocycles. The highest BCUT2D eigenvalue weighted by atomic mass is 79.9. The zero-order chi connectivity index (χ0) is 11.9. The summed E-state index contributed by atoms with van der Waals surface area (Å²) >= 11 is 3.33. The Morgan fingerprint density at radius 3 is 2.62 bits per heavy atom. The van der Waals surface area contributed by atoms with Gasteiger partial charge in [-0.2, -0.15) is 5.10 Å². The molecule has 0 aliphatic rings. The van der Waals surface area contributed by atoms with Crippen LogP contribution in [0.1, 0.15) is 25.3 Å². The van der Waals surface area contributed by atoms with Crippen molar-refractivity contribution in [3.63, 3.8) is 0 Å². The molecule has 84 valence electrons. The third kappa shape index (κ3) is 1.77. The fourth-order valence-corrected chi connectivity index (χ4v) is 2.40. The minimum absolute atomic E-state index is 0.225. The molecule has 0 bridgehead atoms. The molecule has 2 aromatic rings. The lowest BCUT2D eigenvalue weighted by Crippen LogP contribution is -2.34. The summed E-state index contributed by atoms with van der Waals surface area (Å²) in [5, 5.41) is 26.6. The van der Waals surface area contributed by atoms with Crippen LogP contribution in [0.25, 0.3) is 10.9 Å². The van der Waals surface area contributed by atoms with Crippen molar-refractivity contribution in [3.8, 4) is 0 Å². The Morgan fingerprint density at radius 1 is 1.38 bits per heavy atom. The van der Waals surface area contributed by atoms with Gasteiger partial charge in [0.15, 0.2) is 0 Å². The van der Waals surface area contributed by atoms with Gasteiger partial charge in [0.25, 0.3) is 0 Å². The summed E-state index contributed by atoms with van der Waals surface area (Å²) in [5.41, 5.74) is 2.16. The van der Waals surface area contributed by atoms with Crippen LogP contribution in [0.15, 0.2) is 16.7 Å². The number of aromatic nitrogens is 2. The molecule has 0 fully saturated rings. The largest absolute Gasteiger partial charge is 0.489 e. The fraction of sp³-hybridized carbons (Fsp3) is 0.300. The number of nitrogens with zero attached hydrogens (tertiary/aromatic N) is 1. The quantitative estimate of drug-likeness (QED) is 0.724. The predicted octanol–water partition coefficient (Wildman–Crippen LogP) is 1.13. The SMILES string of the molecule is CC(C)c1ccc2n[nH]c(Br)c2c1B(O)O. The molecule has 0 aliphatic carbocycles. The molecule has 0 aliphatic heterocycles. The third-order valence-electron chi connectivity index (χ3n) is 2.63. The standard InChI is InChI=1S/C10H12BBrN2O2/c1-5(2)6-3-4-7-8(9(6)11(15)16)10(12)14-13-7/h3-5,15-16H,1-2H3,(H,13,14). The monoisotopic (exact) mass is 282 g/mol. The van der Waals surface area contributed by atoms with Gasteiger partial charge in [-0.05, 0) is 38.9 Å². The maximum atomic E-state index is 9.49. The Morgan fingerprint density at radius 2 is 2.06 bits per heavy atom. The van der Waals surface area contributed by atoms with Crippen LogP contribution in [0.3, 0.4) is 0 Å². The summed E-state index contributed by atoms with van der Waals surface area (Å²) in [4.78, 5) is 0. The van der Waals surface area contributed by atoms with Crippen molar-refractivity contribution in [3.05, 3.63) is 22.3 Å². The summed E-state index contributed by atoms with van der Waals surface area (Å²) in [7, 11) is -1.49. The Bertz CT molecular complexity index is 525. The van der Waals surface area contributed by atoms with E-state index in [0.717, 1.165) is 16.5 Å². The van der Waals surface area contributed by atoms with Crippen LogP contribution in [-0.4, -0.2) is 27.4 Å². The lowest BCUT2D eigenvalue weighted by molar-refractivity contribution is 0.425. The lowest BCUT2D eigenvalue weighted by atomic mass is 9.72. The van der Waals surface area contributed by atoms with E-state index in [1.807, 2.05) is 26.0 Å². The molecule has 1 aromatic heterocycles. The van der Waals surface area contributed by atoms with Crippen LogP contribution < -0.4 is 5.46 Å². The average Bonchev–Trinajstić information content (AvgIpc) is 2.59. The number of aromatic amines is 1. The normalized spacial score (nSPS) is 11.4. The molecule has 0 spiro atoms. The summed E-state index contributed by atoms with van der Waals surface area (Å²) in [6.07, 6.45) is 0.